The van der Waals surface area contributed by atoms with Crippen LogP contribution in [0.2, 0.25) is 0 Å². The molecule has 9 atom stereocenters. The summed E-state index contributed by atoms with van der Waals surface area (Å²) in [5.41, 5.74) is 4.55. The number of rotatable bonds is 2. The summed E-state index contributed by atoms with van der Waals surface area (Å²) in [6, 6.07) is -0.197. The number of hydrogen-bond acceptors (Lipinski definition) is 3. The van der Waals surface area contributed by atoms with Gasteiger partial charge in [0, 0.05) is 41.4 Å². The van der Waals surface area contributed by atoms with Gasteiger partial charge in [-0.15, -0.1) is 37.2 Å². The zero-order valence-corrected chi connectivity index (χ0v) is 31.1. The Kier molecular flexibility index (Phi) is 9.08. The standard InChI is InChI=1S/C27H38N2OS.C12H17N.Ir/c1-15-9-10-17-16-7-6-8-18(23(16)30-25(17)28-15)19-11-12-20-22(29-19)21-24(31-20)27(4,5)14-13-26(21,2)3;1-10-7-8-12(13-9-10)11-5-3-2-4-6-11;/h8-10,12,15-17,19,21-22,24-25,28H,6-7,11,13-14H2,1-5H3;8,10H,2-5,7,9H2,1H3;/q2*-2;/t15-,16+,17?,19-,21?,22?,24?,25+;10-;/m10./s1/i1D3;;. The molecule has 5 heterocycles. The van der Waals surface area contributed by atoms with Gasteiger partial charge in [-0.3, -0.25) is 11.4 Å². The van der Waals surface area contributed by atoms with Crippen LogP contribution in [0.1, 0.15) is 110 Å². The number of thioether (sulfide) groups is 1. The molecule has 4 unspecified atom stereocenters. The summed E-state index contributed by atoms with van der Waals surface area (Å²) in [6.45, 7) is 11.0. The van der Waals surface area contributed by atoms with Crippen molar-refractivity contribution in [2.45, 2.75) is 135 Å². The fraction of sp³-hybridized carbons (Fsp3) is 0.718. The number of nitrogens with one attached hydrogen (secondary N) is 1. The maximum atomic E-state index is 7.81. The molecule has 8 rings (SSSR count). The Hall–Kier alpha value is -0.911. The molecule has 5 aliphatic heterocycles. The van der Waals surface area contributed by atoms with E-state index in [0.29, 0.717) is 34.0 Å². The number of hydrogen-bond donors (Lipinski definition) is 1. The van der Waals surface area contributed by atoms with Gasteiger partial charge >= 0.3 is 0 Å². The van der Waals surface area contributed by atoms with Crippen LogP contribution in [0.25, 0.3) is 10.6 Å². The molecule has 0 bridgehead atoms. The second kappa shape index (κ2) is 13.5. The van der Waals surface area contributed by atoms with E-state index in [2.05, 4.69) is 87.7 Å². The van der Waals surface area contributed by atoms with E-state index in [4.69, 9.17) is 14.2 Å². The third-order valence-electron chi connectivity index (χ3n) is 11.7. The van der Waals surface area contributed by atoms with Crippen LogP contribution in [0.15, 0.2) is 51.8 Å². The fourth-order valence-electron chi connectivity index (χ4n) is 8.96. The van der Waals surface area contributed by atoms with Crippen molar-refractivity contribution in [1.82, 2.24) is 5.32 Å². The number of ether oxygens (including phenoxy) is 1. The smallest absolute Gasteiger partial charge is 0.134 e. The molecule has 3 fully saturated rings. The first-order chi connectivity index (χ1) is 22.3. The predicted molar refractivity (Wildman–Crippen MR) is 185 cm³/mol. The van der Waals surface area contributed by atoms with Crippen molar-refractivity contribution in [3.8, 4) is 0 Å². The molecule has 1 N–H and O–H groups in total. The van der Waals surface area contributed by atoms with Crippen molar-refractivity contribution in [1.29, 1.82) is 0 Å². The Morgan fingerprint density at radius 3 is 2.71 bits per heavy atom. The van der Waals surface area contributed by atoms with Gasteiger partial charge in [-0.05, 0) is 59.4 Å². The minimum atomic E-state index is -2.06. The molecule has 4 nitrogen and oxygen atoms in total. The van der Waals surface area contributed by atoms with E-state index < -0.39 is 12.9 Å². The average Bonchev–Trinajstić information content (AvgIpc) is 3.64. The van der Waals surface area contributed by atoms with Crippen LogP contribution in [0, 0.1) is 47.0 Å². The van der Waals surface area contributed by atoms with Crippen LogP contribution < -0.4 is 5.32 Å². The van der Waals surface area contributed by atoms with Crippen molar-refractivity contribution < 1.29 is 29.0 Å². The number of fused-ring (bicyclic) bond motifs is 6. The van der Waals surface area contributed by atoms with Crippen molar-refractivity contribution in [2.24, 2.45) is 34.5 Å². The van der Waals surface area contributed by atoms with Crippen LogP contribution >= 0.6 is 11.8 Å². The Morgan fingerprint density at radius 1 is 1.11 bits per heavy atom. The third-order valence-corrected chi connectivity index (χ3v) is 13.6. The molecule has 0 aromatic rings. The zero-order valence-electron chi connectivity index (χ0n) is 30.9. The fourth-order valence-corrected chi connectivity index (χ4v) is 10.9. The second-order valence-electron chi connectivity index (χ2n) is 16.0. The topological polar surface area (TPSA) is 49.5 Å². The molecule has 6 heteroatoms. The summed E-state index contributed by atoms with van der Waals surface area (Å²) in [4.78, 5) is 1.50. The molecule has 3 aliphatic carbocycles. The molecule has 1 saturated carbocycles. The first kappa shape index (κ1) is 30.2. The molecule has 0 amide bonds. The second-order valence-corrected chi connectivity index (χ2v) is 17.2. The summed E-state index contributed by atoms with van der Waals surface area (Å²) >= 11 is 2.11. The van der Waals surface area contributed by atoms with Crippen molar-refractivity contribution in [2.75, 3.05) is 6.54 Å². The average molecular weight is 809 g/mol. The van der Waals surface area contributed by atoms with Gasteiger partial charge in [0.25, 0.3) is 0 Å². The van der Waals surface area contributed by atoms with E-state index in [-0.39, 0.29) is 38.3 Å². The van der Waals surface area contributed by atoms with Crippen LogP contribution in [0.4, 0.5) is 0 Å². The zero-order chi connectivity index (χ0) is 33.1. The Balaban J connectivity index is 0.000000241. The normalized spacial score (nSPS) is 41.8. The molecule has 0 spiro atoms. The number of nitrogens with zero attached hydrogens (tertiary/aromatic N) is 2. The molecular formula is C39H55IrN3OS-4. The molecule has 1 radical (unpaired) electrons. The minimum Gasteiger partial charge on any atom is -0.769 e. The van der Waals surface area contributed by atoms with Crippen LogP contribution in [0.3, 0.4) is 0 Å². The minimum absolute atomic E-state index is 0. The maximum Gasteiger partial charge on any atom is 0.134 e. The van der Waals surface area contributed by atoms with Gasteiger partial charge in [-0.1, -0.05) is 96.9 Å². The third kappa shape index (κ3) is 6.71. The summed E-state index contributed by atoms with van der Waals surface area (Å²) in [5, 5.41) is 14.0. The van der Waals surface area contributed by atoms with Crippen molar-refractivity contribution >= 4 is 11.8 Å². The monoisotopic (exact) mass is 809 g/mol. The summed E-state index contributed by atoms with van der Waals surface area (Å²) < 4.78 is 29.9. The predicted octanol–water partition coefficient (Wildman–Crippen LogP) is 9.94. The Morgan fingerprint density at radius 2 is 1.96 bits per heavy atom. The SMILES string of the molecule is C[C@H]1CC=C(C2=[C-]CCCC2)[N-]C1.[2H]C([2H])([2H])[C@@H]1C=CC2[C@@H]3CC[CH-]C([C@H]4CC=C5SC6C(C5[N-]4)C(C)(C)CCC6(C)C)=C3O[C@@H]2N1.[Ir]. The van der Waals surface area contributed by atoms with Gasteiger partial charge < -0.3 is 21.1 Å². The van der Waals surface area contributed by atoms with E-state index >= 15 is 0 Å². The molecule has 8 aliphatic rings. The largest absolute Gasteiger partial charge is 0.769 e. The van der Waals surface area contributed by atoms with Gasteiger partial charge in [0.2, 0.25) is 0 Å². The van der Waals surface area contributed by atoms with Gasteiger partial charge in [0.15, 0.2) is 0 Å². The maximum absolute atomic E-state index is 7.81. The van der Waals surface area contributed by atoms with Gasteiger partial charge in [-0.25, -0.2) is 12.0 Å². The quantitative estimate of drug-likeness (QED) is 0.223. The van der Waals surface area contributed by atoms with Gasteiger partial charge in [0.1, 0.15) is 6.23 Å². The van der Waals surface area contributed by atoms with Crippen LogP contribution in [-0.2, 0) is 24.8 Å². The first-order valence-electron chi connectivity index (χ1n) is 19.0. The van der Waals surface area contributed by atoms with Crippen LogP contribution in [0.5, 0.6) is 0 Å². The van der Waals surface area contributed by atoms with Crippen LogP contribution in [-0.4, -0.2) is 36.1 Å². The van der Waals surface area contributed by atoms with Gasteiger partial charge in [-0.2, -0.15) is 11.6 Å². The van der Waals surface area contributed by atoms with E-state index in [0.717, 1.165) is 43.9 Å². The number of allylic oxidation sites excluding steroid dienone is 4. The van der Waals surface area contributed by atoms with Gasteiger partial charge in [0.05, 0.1) is 0 Å². The summed E-state index contributed by atoms with van der Waals surface area (Å²) in [5.74, 6) is 2.92. The van der Waals surface area contributed by atoms with E-state index in [1.54, 1.807) is 0 Å². The molecule has 45 heavy (non-hydrogen) atoms. The Bertz CT molecular complexity index is 1370. The summed E-state index contributed by atoms with van der Waals surface area (Å²) in [7, 11) is 0. The molecule has 251 valence electrons. The summed E-state index contributed by atoms with van der Waals surface area (Å²) in [6.07, 6.45) is 26.0. The van der Waals surface area contributed by atoms with E-state index in [1.165, 1.54) is 60.3 Å². The first-order valence-corrected chi connectivity index (χ1v) is 18.4. The molecule has 2 saturated heterocycles. The Labute approximate surface area is 296 Å². The molecule has 0 aromatic heterocycles. The van der Waals surface area contributed by atoms with Crippen molar-refractivity contribution in [3.05, 3.63) is 74.9 Å². The van der Waals surface area contributed by atoms with E-state index in [1.807, 2.05) is 6.08 Å². The molecular weight excluding hydrogens is 751 g/mol. The molecule has 0 aromatic carbocycles. The van der Waals surface area contributed by atoms with Crippen molar-refractivity contribution in [3.63, 3.8) is 0 Å². The van der Waals surface area contributed by atoms with E-state index in [9.17, 15) is 0 Å².